The van der Waals surface area contributed by atoms with Crippen LogP contribution in [0.1, 0.15) is 29.0 Å². The van der Waals surface area contributed by atoms with Crippen molar-refractivity contribution in [2.45, 2.75) is 18.9 Å². The number of amides is 2. The Morgan fingerprint density at radius 3 is 2.38 bits per heavy atom. The minimum atomic E-state index is -0.291. The third-order valence-corrected chi connectivity index (χ3v) is 5.48. The fourth-order valence-electron chi connectivity index (χ4n) is 3.92. The molecule has 3 aromatic rings. The van der Waals surface area contributed by atoms with Crippen LogP contribution in [-0.2, 0) is 4.79 Å². The van der Waals surface area contributed by atoms with Crippen molar-refractivity contribution in [1.82, 2.24) is 25.4 Å². The van der Waals surface area contributed by atoms with Crippen molar-refractivity contribution in [1.29, 1.82) is 0 Å². The second-order valence-electron chi connectivity index (χ2n) is 7.64. The first-order chi connectivity index (χ1) is 15.5. The topological polar surface area (TPSA) is 109 Å². The van der Waals surface area contributed by atoms with Crippen LogP contribution in [0.4, 0.5) is 0 Å². The van der Waals surface area contributed by atoms with Gasteiger partial charge in [0.2, 0.25) is 5.91 Å². The standard InChI is InChI=1S/C23H25N5O4/c1-14(29)24-20-13-28(23(30)16-9-17(31-2)11-18(10-16)32-3)12-19(20)22-25-21(26-27-22)15-7-5-4-6-8-15/h4-11,19-20H,12-13H2,1-3H3,(H,24,29)(H,25,26,27). The Kier molecular flexibility index (Phi) is 6.07. The van der Waals surface area contributed by atoms with E-state index in [0.29, 0.717) is 41.8 Å². The molecule has 2 amide bonds. The van der Waals surface area contributed by atoms with E-state index in [1.165, 1.54) is 21.1 Å². The van der Waals surface area contributed by atoms with E-state index in [9.17, 15) is 9.59 Å². The molecular formula is C23H25N5O4. The Bertz CT molecular complexity index is 1090. The zero-order chi connectivity index (χ0) is 22.7. The second kappa shape index (κ2) is 9.09. The lowest BCUT2D eigenvalue weighted by Crippen LogP contribution is -2.39. The van der Waals surface area contributed by atoms with Crippen molar-refractivity contribution in [3.05, 3.63) is 59.9 Å². The number of nitrogens with one attached hydrogen (secondary N) is 2. The quantitative estimate of drug-likeness (QED) is 0.615. The van der Waals surface area contributed by atoms with E-state index in [-0.39, 0.29) is 23.8 Å². The number of carbonyl (C=O) groups is 2. The number of hydrogen-bond acceptors (Lipinski definition) is 6. The zero-order valence-electron chi connectivity index (χ0n) is 18.2. The third-order valence-electron chi connectivity index (χ3n) is 5.48. The summed E-state index contributed by atoms with van der Waals surface area (Å²) in [6, 6.07) is 14.4. The molecule has 0 bridgehead atoms. The molecule has 2 heterocycles. The Morgan fingerprint density at radius 2 is 1.75 bits per heavy atom. The zero-order valence-corrected chi connectivity index (χ0v) is 18.2. The van der Waals surface area contributed by atoms with Crippen LogP contribution in [0.3, 0.4) is 0 Å². The van der Waals surface area contributed by atoms with E-state index in [1.807, 2.05) is 30.3 Å². The third kappa shape index (κ3) is 4.41. The Labute approximate surface area is 185 Å². The average Bonchev–Trinajstić information content (AvgIpc) is 3.45. The minimum Gasteiger partial charge on any atom is -0.497 e. The summed E-state index contributed by atoms with van der Waals surface area (Å²) in [6.45, 7) is 2.20. The van der Waals surface area contributed by atoms with Gasteiger partial charge in [0.15, 0.2) is 5.82 Å². The van der Waals surface area contributed by atoms with Gasteiger partial charge >= 0.3 is 0 Å². The summed E-state index contributed by atoms with van der Waals surface area (Å²) in [5.41, 5.74) is 1.34. The normalized spacial score (nSPS) is 17.8. The molecule has 9 heteroatoms. The van der Waals surface area contributed by atoms with Gasteiger partial charge in [-0.25, -0.2) is 4.98 Å². The molecule has 2 aromatic carbocycles. The molecule has 1 fully saturated rings. The van der Waals surface area contributed by atoms with E-state index in [1.54, 1.807) is 23.1 Å². The number of ether oxygens (including phenoxy) is 2. The number of likely N-dealkylation sites (tertiary alicyclic amines) is 1. The van der Waals surface area contributed by atoms with E-state index >= 15 is 0 Å². The number of H-pyrrole nitrogens is 1. The van der Waals surface area contributed by atoms with Gasteiger partial charge in [-0.3, -0.25) is 14.7 Å². The van der Waals surface area contributed by atoms with Crippen LogP contribution in [0.15, 0.2) is 48.5 Å². The molecule has 1 saturated heterocycles. The molecule has 2 unspecified atom stereocenters. The van der Waals surface area contributed by atoms with Crippen molar-refractivity contribution < 1.29 is 19.1 Å². The first-order valence-electron chi connectivity index (χ1n) is 10.3. The van der Waals surface area contributed by atoms with Crippen molar-refractivity contribution in [3.63, 3.8) is 0 Å². The maximum Gasteiger partial charge on any atom is 0.254 e. The SMILES string of the molecule is COc1cc(OC)cc(C(=O)N2CC(NC(C)=O)C(c3nc(-c4ccccc4)n[nH]3)C2)c1. The van der Waals surface area contributed by atoms with Crippen LogP contribution in [0, 0.1) is 0 Å². The van der Waals surface area contributed by atoms with E-state index in [4.69, 9.17) is 9.47 Å². The van der Waals surface area contributed by atoms with Crippen molar-refractivity contribution in [2.75, 3.05) is 27.3 Å². The lowest BCUT2D eigenvalue weighted by molar-refractivity contribution is -0.119. The van der Waals surface area contributed by atoms with E-state index in [2.05, 4.69) is 20.5 Å². The molecule has 0 saturated carbocycles. The summed E-state index contributed by atoms with van der Waals surface area (Å²) in [5, 5.41) is 10.3. The van der Waals surface area contributed by atoms with Crippen LogP contribution < -0.4 is 14.8 Å². The number of aromatic amines is 1. The van der Waals surface area contributed by atoms with Gasteiger partial charge in [0.25, 0.3) is 5.91 Å². The molecule has 0 aliphatic carbocycles. The molecule has 1 aliphatic rings. The number of methoxy groups -OCH3 is 2. The lowest BCUT2D eigenvalue weighted by Gasteiger charge is -2.17. The van der Waals surface area contributed by atoms with Gasteiger partial charge in [0.05, 0.1) is 26.2 Å². The fourth-order valence-corrected chi connectivity index (χ4v) is 3.92. The molecule has 4 rings (SSSR count). The fraction of sp³-hybridized carbons (Fsp3) is 0.304. The summed E-state index contributed by atoms with van der Waals surface area (Å²) < 4.78 is 10.6. The number of aromatic nitrogens is 3. The number of carbonyl (C=O) groups excluding carboxylic acids is 2. The molecule has 2 N–H and O–H groups in total. The molecular weight excluding hydrogens is 410 g/mol. The molecule has 0 spiro atoms. The van der Waals surface area contributed by atoms with Crippen molar-refractivity contribution in [3.8, 4) is 22.9 Å². The molecule has 166 valence electrons. The van der Waals surface area contributed by atoms with Crippen LogP contribution >= 0.6 is 0 Å². The maximum absolute atomic E-state index is 13.3. The summed E-state index contributed by atoms with van der Waals surface area (Å²) in [4.78, 5) is 31.4. The smallest absolute Gasteiger partial charge is 0.254 e. The number of nitrogens with zero attached hydrogens (tertiary/aromatic N) is 3. The number of rotatable bonds is 6. The Balaban J connectivity index is 1.60. The summed E-state index contributed by atoms with van der Waals surface area (Å²) in [5.74, 6) is 1.70. The lowest BCUT2D eigenvalue weighted by atomic mass is 10.0. The van der Waals surface area contributed by atoms with Gasteiger partial charge in [-0.2, -0.15) is 5.10 Å². The molecule has 2 atom stereocenters. The largest absolute Gasteiger partial charge is 0.497 e. The molecule has 0 radical (unpaired) electrons. The minimum absolute atomic E-state index is 0.167. The number of hydrogen-bond donors (Lipinski definition) is 2. The monoisotopic (exact) mass is 435 g/mol. The number of benzene rings is 2. The predicted molar refractivity (Wildman–Crippen MR) is 118 cm³/mol. The molecule has 1 aromatic heterocycles. The molecule has 9 nitrogen and oxygen atoms in total. The van der Waals surface area contributed by atoms with Crippen molar-refractivity contribution >= 4 is 11.8 Å². The van der Waals surface area contributed by atoms with Gasteiger partial charge in [-0.15, -0.1) is 0 Å². The average molecular weight is 435 g/mol. The van der Waals surface area contributed by atoms with E-state index < -0.39 is 0 Å². The second-order valence-corrected chi connectivity index (χ2v) is 7.64. The Hall–Kier alpha value is -3.88. The van der Waals surface area contributed by atoms with Crippen molar-refractivity contribution in [2.24, 2.45) is 0 Å². The van der Waals surface area contributed by atoms with Crippen LogP contribution in [0.2, 0.25) is 0 Å². The van der Waals surface area contributed by atoms with Gasteiger partial charge < -0.3 is 19.7 Å². The van der Waals surface area contributed by atoms with Gasteiger partial charge in [-0.1, -0.05) is 30.3 Å². The van der Waals surface area contributed by atoms with E-state index in [0.717, 1.165) is 5.56 Å². The molecule has 32 heavy (non-hydrogen) atoms. The van der Waals surface area contributed by atoms with Crippen LogP contribution in [0.25, 0.3) is 11.4 Å². The highest BCUT2D eigenvalue weighted by atomic mass is 16.5. The first-order valence-corrected chi connectivity index (χ1v) is 10.3. The Morgan fingerprint density at radius 1 is 1.06 bits per heavy atom. The first kappa shape index (κ1) is 21.4. The predicted octanol–water partition coefficient (Wildman–Crippen LogP) is 2.23. The summed E-state index contributed by atoms with van der Waals surface area (Å²) in [7, 11) is 3.08. The highest BCUT2D eigenvalue weighted by Gasteiger charge is 2.39. The van der Waals surface area contributed by atoms with Crippen LogP contribution in [0.5, 0.6) is 11.5 Å². The van der Waals surface area contributed by atoms with Gasteiger partial charge in [-0.05, 0) is 12.1 Å². The molecule has 1 aliphatic heterocycles. The highest BCUT2D eigenvalue weighted by Crippen LogP contribution is 2.30. The maximum atomic E-state index is 13.3. The van der Waals surface area contributed by atoms with Gasteiger partial charge in [0.1, 0.15) is 17.3 Å². The van der Waals surface area contributed by atoms with Gasteiger partial charge in [0, 0.05) is 37.2 Å². The highest BCUT2D eigenvalue weighted by molar-refractivity contribution is 5.95. The van der Waals surface area contributed by atoms with Crippen LogP contribution in [-0.4, -0.2) is 65.2 Å². The summed E-state index contributed by atoms with van der Waals surface area (Å²) in [6.07, 6.45) is 0. The summed E-state index contributed by atoms with van der Waals surface area (Å²) >= 11 is 0.